The summed E-state index contributed by atoms with van der Waals surface area (Å²) in [5.41, 5.74) is 2.07. The molecule has 24 heavy (non-hydrogen) atoms. The molecule has 1 aromatic heterocycles. The molecule has 0 fully saturated rings. The zero-order valence-electron chi connectivity index (χ0n) is 14.0. The van der Waals surface area contributed by atoms with Gasteiger partial charge in [-0.15, -0.1) is 5.10 Å². The lowest BCUT2D eigenvalue weighted by Crippen LogP contribution is -2.33. The van der Waals surface area contributed by atoms with Gasteiger partial charge in [-0.3, -0.25) is 9.89 Å². The predicted octanol–water partition coefficient (Wildman–Crippen LogP) is 3.49. The minimum Gasteiger partial charge on any atom is -0.338 e. The normalized spacial score (nSPS) is 10.9. The number of H-pyrrole nitrogens is 1. The van der Waals surface area contributed by atoms with Gasteiger partial charge in [0.05, 0.1) is 5.75 Å². The van der Waals surface area contributed by atoms with E-state index < -0.39 is 0 Å². The van der Waals surface area contributed by atoms with Gasteiger partial charge in [-0.25, -0.2) is 4.98 Å². The van der Waals surface area contributed by atoms with Crippen molar-refractivity contribution in [1.82, 2.24) is 20.1 Å². The smallest absolute Gasteiger partial charge is 0.233 e. The first-order chi connectivity index (χ1) is 11.6. The van der Waals surface area contributed by atoms with Crippen LogP contribution >= 0.6 is 11.8 Å². The summed E-state index contributed by atoms with van der Waals surface area (Å²) in [5, 5.41) is 7.57. The van der Waals surface area contributed by atoms with Crippen LogP contribution < -0.4 is 0 Å². The number of thioether (sulfide) groups is 1. The van der Waals surface area contributed by atoms with Crippen LogP contribution in [-0.2, 0) is 4.79 Å². The molecule has 1 amide bonds. The maximum atomic E-state index is 12.2. The Hall–Kier alpha value is -2.34. The molecular formula is C18H22N4OS. The third-order valence-corrected chi connectivity index (χ3v) is 4.07. The van der Waals surface area contributed by atoms with Gasteiger partial charge in [0.2, 0.25) is 11.1 Å². The lowest BCUT2D eigenvalue weighted by atomic mass is 10.2. The Balaban J connectivity index is 1.88. The Morgan fingerprint density at radius 2 is 2.08 bits per heavy atom. The maximum absolute atomic E-state index is 12.2. The predicted molar refractivity (Wildman–Crippen MR) is 99.5 cm³/mol. The second kappa shape index (κ2) is 9.08. The third kappa shape index (κ3) is 5.70. The summed E-state index contributed by atoms with van der Waals surface area (Å²) in [4.78, 5) is 18.3. The van der Waals surface area contributed by atoms with Crippen LogP contribution in [0.3, 0.4) is 0 Å². The molecule has 126 valence electrons. The van der Waals surface area contributed by atoms with Crippen molar-refractivity contribution >= 4 is 29.8 Å². The number of nitrogens with one attached hydrogen (secondary N) is 1. The largest absolute Gasteiger partial charge is 0.338 e. The highest BCUT2D eigenvalue weighted by Gasteiger charge is 2.13. The average Bonchev–Trinajstić information content (AvgIpc) is 3.04. The van der Waals surface area contributed by atoms with Crippen LogP contribution in [0.4, 0.5) is 0 Å². The fraction of sp³-hybridized carbons (Fsp3) is 0.278. The van der Waals surface area contributed by atoms with E-state index in [9.17, 15) is 4.79 Å². The molecule has 5 nitrogen and oxygen atoms in total. The Bertz CT molecular complexity index is 709. The fourth-order valence-corrected chi connectivity index (χ4v) is 2.76. The highest BCUT2D eigenvalue weighted by molar-refractivity contribution is 7.99. The van der Waals surface area contributed by atoms with Gasteiger partial charge < -0.3 is 4.90 Å². The molecule has 0 spiro atoms. The molecule has 0 aliphatic rings. The molecular weight excluding hydrogens is 320 g/mol. The highest BCUT2D eigenvalue weighted by Crippen LogP contribution is 2.14. The number of rotatable bonds is 8. The Labute approximate surface area is 146 Å². The molecule has 0 radical (unpaired) electrons. The summed E-state index contributed by atoms with van der Waals surface area (Å²) in [6.45, 7) is 9.00. The van der Waals surface area contributed by atoms with E-state index in [1.54, 1.807) is 4.90 Å². The van der Waals surface area contributed by atoms with Crippen LogP contribution in [0.2, 0.25) is 0 Å². The van der Waals surface area contributed by atoms with Crippen LogP contribution in [0.5, 0.6) is 0 Å². The number of hydrogen-bond donors (Lipinski definition) is 1. The minimum absolute atomic E-state index is 0.0664. The van der Waals surface area contributed by atoms with Crippen molar-refractivity contribution < 1.29 is 4.79 Å². The maximum Gasteiger partial charge on any atom is 0.233 e. The molecule has 1 N–H and O–H groups in total. The number of aromatic nitrogens is 3. The first kappa shape index (κ1) is 18.0. The topological polar surface area (TPSA) is 61.9 Å². The average molecular weight is 342 g/mol. The molecule has 0 unspecified atom stereocenters. The molecule has 0 bridgehead atoms. The standard InChI is InChI=1S/C18H22N4OS/c1-4-22(12-14(2)3)17(23)13-24-18-19-16(20-21-18)11-10-15-8-6-5-7-9-15/h5-11H,2,4,12-13H2,1,3H3,(H,19,20,21)/b11-10+. The second-order valence-corrected chi connectivity index (χ2v) is 6.34. The van der Waals surface area contributed by atoms with Crippen LogP contribution in [0.1, 0.15) is 25.2 Å². The van der Waals surface area contributed by atoms with Crippen molar-refractivity contribution in [3.8, 4) is 0 Å². The Morgan fingerprint density at radius 3 is 2.75 bits per heavy atom. The van der Waals surface area contributed by atoms with E-state index >= 15 is 0 Å². The molecule has 0 saturated heterocycles. The number of nitrogens with zero attached hydrogens (tertiary/aromatic N) is 3. The first-order valence-corrected chi connectivity index (χ1v) is 8.77. The Morgan fingerprint density at radius 1 is 1.33 bits per heavy atom. The van der Waals surface area contributed by atoms with Gasteiger partial charge in [0.15, 0.2) is 0 Å². The fourth-order valence-electron chi connectivity index (χ4n) is 2.06. The summed E-state index contributed by atoms with van der Waals surface area (Å²) in [6.07, 6.45) is 3.83. The quantitative estimate of drug-likeness (QED) is 0.589. The zero-order chi connectivity index (χ0) is 17.4. The van der Waals surface area contributed by atoms with Gasteiger partial charge >= 0.3 is 0 Å². The Kier molecular flexibility index (Phi) is 6.81. The molecule has 6 heteroatoms. The van der Waals surface area contributed by atoms with Crippen molar-refractivity contribution in [2.24, 2.45) is 0 Å². The highest BCUT2D eigenvalue weighted by atomic mass is 32.2. The molecule has 2 rings (SSSR count). The summed E-state index contributed by atoms with van der Waals surface area (Å²) in [6, 6.07) is 9.98. The zero-order valence-corrected chi connectivity index (χ0v) is 14.8. The lowest BCUT2D eigenvalue weighted by Gasteiger charge is -2.20. The van der Waals surface area contributed by atoms with E-state index in [4.69, 9.17) is 0 Å². The number of aromatic amines is 1. The molecule has 2 aromatic rings. The third-order valence-electron chi connectivity index (χ3n) is 3.24. The van der Waals surface area contributed by atoms with Crippen molar-refractivity contribution in [2.45, 2.75) is 19.0 Å². The van der Waals surface area contributed by atoms with Gasteiger partial charge in [0.25, 0.3) is 0 Å². The second-order valence-electron chi connectivity index (χ2n) is 5.40. The van der Waals surface area contributed by atoms with Crippen LogP contribution in [0.15, 0.2) is 47.6 Å². The van der Waals surface area contributed by atoms with Gasteiger partial charge in [0.1, 0.15) is 5.82 Å². The molecule has 0 atom stereocenters. The summed E-state index contributed by atoms with van der Waals surface area (Å²) in [5.74, 6) is 1.06. The van der Waals surface area contributed by atoms with Crippen LogP contribution in [0, 0.1) is 0 Å². The number of benzene rings is 1. The number of carbonyl (C=O) groups is 1. The van der Waals surface area contributed by atoms with E-state index in [0.29, 0.717) is 29.8 Å². The van der Waals surface area contributed by atoms with Gasteiger partial charge in [-0.05, 0) is 25.5 Å². The van der Waals surface area contributed by atoms with Crippen molar-refractivity contribution in [3.63, 3.8) is 0 Å². The molecule has 1 aromatic carbocycles. The first-order valence-electron chi connectivity index (χ1n) is 7.79. The van der Waals surface area contributed by atoms with E-state index in [2.05, 4.69) is 21.8 Å². The number of hydrogen-bond acceptors (Lipinski definition) is 4. The monoisotopic (exact) mass is 342 g/mol. The minimum atomic E-state index is 0.0664. The molecule has 0 aliphatic heterocycles. The SMILES string of the molecule is C=C(C)CN(CC)C(=O)CSc1n[nH]c(/C=C/c2ccccc2)n1. The summed E-state index contributed by atoms with van der Waals surface area (Å²) in [7, 11) is 0. The number of amides is 1. The molecule has 0 saturated carbocycles. The van der Waals surface area contributed by atoms with Crippen LogP contribution in [-0.4, -0.2) is 44.8 Å². The van der Waals surface area contributed by atoms with Crippen LogP contribution in [0.25, 0.3) is 12.2 Å². The van der Waals surface area contributed by atoms with Crippen molar-refractivity contribution in [2.75, 3.05) is 18.8 Å². The van der Waals surface area contributed by atoms with Crippen molar-refractivity contribution in [3.05, 3.63) is 53.9 Å². The van der Waals surface area contributed by atoms with E-state index in [0.717, 1.165) is 11.1 Å². The summed E-state index contributed by atoms with van der Waals surface area (Å²) < 4.78 is 0. The van der Waals surface area contributed by atoms with Gasteiger partial charge in [-0.2, -0.15) is 0 Å². The van der Waals surface area contributed by atoms with E-state index in [1.807, 2.05) is 56.3 Å². The van der Waals surface area contributed by atoms with E-state index in [1.165, 1.54) is 11.8 Å². The lowest BCUT2D eigenvalue weighted by molar-refractivity contribution is -0.127. The number of likely N-dealkylation sites (N-methyl/N-ethyl adjacent to an activating group) is 1. The van der Waals surface area contributed by atoms with Gasteiger partial charge in [-0.1, -0.05) is 60.3 Å². The molecule has 1 heterocycles. The summed E-state index contributed by atoms with van der Waals surface area (Å²) >= 11 is 1.33. The molecule has 0 aliphatic carbocycles. The number of carbonyl (C=O) groups excluding carboxylic acids is 1. The van der Waals surface area contributed by atoms with Gasteiger partial charge in [0, 0.05) is 13.1 Å². The van der Waals surface area contributed by atoms with E-state index in [-0.39, 0.29) is 5.91 Å². The van der Waals surface area contributed by atoms with Crippen molar-refractivity contribution in [1.29, 1.82) is 0 Å².